The Kier molecular flexibility index (Phi) is 5.81. The van der Waals surface area contributed by atoms with E-state index in [4.69, 9.17) is 31.5 Å². The van der Waals surface area contributed by atoms with Gasteiger partial charge in [-0.05, 0) is 36.8 Å². The summed E-state index contributed by atoms with van der Waals surface area (Å²) >= 11 is 6.00. The lowest BCUT2D eigenvalue weighted by Crippen LogP contribution is -2.21. The molecule has 0 amide bonds. The van der Waals surface area contributed by atoms with Gasteiger partial charge in [-0.1, -0.05) is 17.7 Å². The van der Waals surface area contributed by atoms with Gasteiger partial charge < -0.3 is 19.9 Å². The minimum Gasteiger partial charge on any atom is -0.493 e. The molecule has 0 saturated carbocycles. The molecule has 1 aliphatic rings. The molecule has 0 fully saturated rings. The summed E-state index contributed by atoms with van der Waals surface area (Å²) in [4.78, 5) is 10.9. The summed E-state index contributed by atoms with van der Waals surface area (Å²) in [6, 6.07) is 11.7. The molecule has 0 aliphatic carbocycles. The van der Waals surface area contributed by atoms with E-state index in [1.54, 1.807) is 24.3 Å². The number of rotatable bonds is 6. The first-order valence-electron chi connectivity index (χ1n) is 9.80. The van der Waals surface area contributed by atoms with Crippen molar-refractivity contribution >= 4 is 17.3 Å². The molecule has 1 aliphatic heterocycles. The number of aromatic amines is 1. The average Bonchev–Trinajstić information content (AvgIpc) is 3.22. The summed E-state index contributed by atoms with van der Waals surface area (Å²) in [6.07, 6.45) is 0. The third-order valence-corrected chi connectivity index (χ3v) is 5.51. The number of benzene rings is 2. The third-order valence-electron chi connectivity index (χ3n) is 5.19. The Bertz CT molecular complexity index is 1330. The van der Waals surface area contributed by atoms with Crippen LogP contribution in [0.25, 0.3) is 11.3 Å². The van der Waals surface area contributed by atoms with E-state index >= 15 is 0 Å². The predicted octanol–water partition coefficient (Wildman–Crippen LogP) is 4.26. The number of nitrogens with zero attached hydrogens (tertiary/aromatic N) is 3. The van der Waals surface area contributed by atoms with Crippen molar-refractivity contribution in [2.24, 2.45) is 5.73 Å². The Labute approximate surface area is 193 Å². The van der Waals surface area contributed by atoms with Crippen LogP contribution < -0.4 is 19.9 Å². The highest BCUT2D eigenvalue weighted by Crippen LogP contribution is 2.47. The lowest BCUT2D eigenvalue weighted by Gasteiger charge is -2.24. The number of ether oxygens (including phenoxy) is 3. The van der Waals surface area contributed by atoms with Crippen LogP contribution >= 0.6 is 11.6 Å². The molecule has 0 saturated heterocycles. The Morgan fingerprint density at radius 1 is 1.33 bits per heavy atom. The van der Waals surface area contributed by atoms with Crippen LogP contribution in [0.4, 0.5) is 5.69 Å². The van der Waals surface area contributed by atoms with E-state index in [9.17, 15) is 15.4 Å². The van der Waals surface area contributed by atoms with Gasteiger partial charge in [-0.25, -0.2) is 0 Å². The van der Waals surface area contributed by atoms with Crippen LogP contribution in [0.2, 0.25) is 5.02 Å². The average molecular weight is 468 g/mol. The van der Waals surface area contributed by atoms with Gasteiger partial charge in [0.2, 0.25) is 11.8 Å². The molecular weight excluding hydrogens is 450 g/mol. The van der Waals surface area contributed by atoms with Crippen LogP contribution in [0.1, 0.15) is 24.0 Å². The Morgan fingerprint density at radius 3 is 2.79 bits per heavy atom. The Balaban J connectivity index is 1.92. The van der Waals surface area contributed by atoms with Crippen LogP contribution in [-0.4, -0.2) is 28.8 Å². The molecule has 3 aromatic rings. The number of methoxy groups -OCH3 is 1. The van der Waals surface area contributed by atoms with Crippen molar-refractivity contribution in [3.8, 4) is 34.7 Å². The van der Waals surface area contributed by atoms with Crippen LogP contribution in [-0.2, 0) is 0 Å². The fourth-order valence-electron chi connectivity index (χ4n) is 3.75. The molecule has 11 heteroatoms. The van der Waals surface area contributed by atoms with Gasteiger partial charge in [0.25, 0.3) is 5.69 Å². The normalized spacial score (nSPS) is 14.8. The molecule has 1 unspecified atom stereocenters. The standard InChI is InChI=1S/C22H18ClN5O5/c1-3-32-16-7-5-12(9-17(16)31-2)20-19-18(11-4-6-14(23)15(8-11)28(29)30)13(10-24)21(25)33-22(19)27-26-20/h4-9,18H,3,25H2,1-2H3,(H,26,27). The van der Waals surface area contributed by atoms with Crippen LogP contribution in [0.15, 0.2) is 47.9 Å². The first kappa shape index (κ1) is 22.0. The molecule has 2 heterocycles. The molecule has 0 radical (unpaired) electrons. The number of halogens is 1. The van der Waals surface area contributed by atoms with Gasteiger partial charge in [-0.3, -0.25) is 15.2 Å². The largest absolute Gasteiger partial charge is 0.493 e. The second kappa shape index (κ2) is 8.72. The smallest absolute Gasteiger partial charge is 0.288 e. The van der Waals surface area contributed by atoms with Crippen molar-refractivity contribution in [3.63, 3.8) is 0 Å². The maximum absolute atomic E-state index is 11.5. The first-order chi connectivity index (χ1) is 15.9. The summed E-state index contributed by atoms with van der Waals surface area (Å²) in [7, 11) is 1.53. The number of nitro benzene ring substituents is 1. The van der Waals surface area contributed by atoms with Crippen molar-refractivity contribution in [1.29, 1.82) is 5.26 Å². The summed E-state index contributed by atoms with van der Waals surface area (Å²) < 4.78 is 16.6. The minimum absolute atomic E-state index is 0.0184. The van der Waals surface area contributed by atoms with Gasteiger partial charge in [-0.2, -0.15) is 5.26 Å². The molecule has 2 aromatic carbocycles. The third kappa shape index (κ3) is 3.79. The van der Waals surface area contributed by atoms with E-state index in [0.29, 0.717) is 40.5 Å². The molecule has 1 atom stereocenters. The highest BCUT2D eigenvalue weighted by atomic mass is 35.5. The van der Waals surface area contributed by atoms with Gasteiger partial charge >= 0.3 is 0 Å². The van der Waals surface area contributed by atoms with Crippen molar-refractivity contribution in [1.82, 2.24) is 10.2 Å². The number of aromatic nitrogens is 2. The lowest BCUT2D eigenvalue weighted by molar-refractivity contribution is -0.384. The lowest BCUT2D eigenvalue weighted by atomic mass is 9.83. The van der Waals surface area contributed by atoms with Crippen molar-refractivity contribution in [2.75, 3.05) is 13.7 Å². The van der Waals surface area contributed by atoms with Gasteiger partial charge in [0.05, 0.1) is 35.8 Å². The zero-order valence-corrected chi connectivity index (χ0v) is 18.3. The van der Waals surface area contributed by atoms with Crippen molar-refractivity contribution in [2.45, 2.75) is 12.8 Å². The molecule has 0 bridgehead atoms. The van der Waals surface area contributed by atoms with E-state index in [1.165, 1.54) is 19.2 Å². The summed E-state index contributed by atoms with van der Waals surface area (Å²) in [5.41, 5.74) is 7.96. The zero-order valence-electron chi connectivity index (χ0n) is 17.6. The van der Waals surface area contributed by atoms with Gasteiger partial charge in [0, 0.05) is 11.6 Å². The fraction of sp³-hybridized carbons (Fsp3) is 0.182. The van der Waals surface area contributed by atoms with Crippen LogP contribution in [0.3, 0.4) is 0 Å². The highest BCUT2D eigenvalue weighted by molar-refractivity contribution is 6.32. The van der Waals surface area contributed by atoms with Crippen molar-refractivity contribution < 1.29 is 19.1 Å². The number of fused-ring (bicyclic) bond motifs is 1. The SMILES string of the molecule is CCOc1ccc(-c2[nH]nc3c2C(c2ccc(Cl)c([N+](=O)[O-])c2)C(C#N)=C(N)O3)cc1OC. The second-order valence-electron chi connectivity index (χ2n) is 7.01. The number of nitriles is 1. The zero-order chi connectivity index (χ0) is 23.7. The number of hydrogen-bond donors (Lipinski definition) is 2. The number of allylic oxidation sites excluding steroid dienone is 1. The number of H-pyrrole nitrogens is 1. The van der Waals surface area contributed by atoms with E-state index < -0.39 is 10.8 Å². The molecule has 4 rings (SSSR count). The van der Waals surface area contributed by atoms with E-state index in [2.05, 4.69) is 16.3 Å². The molecular formula is C22H18ClN5O5. The summed E-state index contributed by atoms with van der Waals surface area (Å²) in [5, 5.41) is 28.4. The number of hydrogen-bond acceptors (Lipinski definition) is 8. The van der Waals surface area contributed by atoms with Crippen LogP contribution in [0.5, 0.6) is 17.4 Å². The fourth-order valence-corrected chi connectivity index (χ4v) is 3.93. The van der Waals surface area contributed by atoms with Crippen LogP contribution in [0, 0.1) is 21.4 Å². The molecule has 168 valence electrons. The maximum atomic E-state index is 11.5. The maximum Gasteiger partial charge on any atom is 0.288 e. The highest BCUT2D eigenvalue weighted by Gasteiger charge is 2.36. The number of nitro groups is 1. The quantitative estimate of drug-likeness (QED) is 0.403. The second-order valence-corrected chi connectivity index (χ2v) is 7.42. The van der Waals surface area contributed by atoms with E-state index in [1.807, 2.05) is 6.92 Å². The Morgan fingerprint density at radius 2 is 2.12 bits per heavy atom. The molecule has 10 nitrogen and oxygen atoms in total. The minimum atomic E-state index is -0.777. The van der Waals surface area contributed by atoms with Gasteiger partial charge in [0.15, 0.2) is 11.5 Å². The summed E-state index contributed by atoms with van der Waals surface area (Å²) in [5.74, 6) is 0.330. The number of nitrogens with two attached hydrogens (primary N) is 1. The van der Waals surface area contributed by atoms with Gasteiger partial charge in [-0.15, -0.1) is 5.10 Å². The predicted molar refractivity (Wildman–Crippen MR) is 119 cm³/mol. The molecule has 1 aromatic heterocycles. The molecule has 3 N–H and O–H groups in total. The van der Waals surface area contributed by atoms with Crippen molar-refractivity contribution in [3.05, 3.63) is 74.1 Å². The first-order valence-corrected chi connectivity index (χ1v) is 10.2. The number of nitrogens with one attached hydrogen (secondary N) is 1. The summed E-state index contributed by atoms with van der Waals surface area (Å²) in [6.45, 7) is 2.34. The molecule has 33 heavy (non-hydrogen) atoms. The van der Waals surface area contributed by atoms with E-state index in [0.717, 1.165) is 0 Å². The monoisotopic (exact) mass is 467 g/mol. The topological polar surface area (TPSA) is 149 Å². The Hall–Kier alpha value is -4.23. The van der Waals surface area contributed by atoms with E-state index in [-0.39, 0.29) is 28.0 Å². The van der Waals surface area contributed by atoms with Gasteiger partial charge in [0.1, 0.15) is 16.7 Å². The molecule has 0 spiro atoms.